The van der Waals surface area contributed by atoms with Crippen molar-refractivity contribution >= 4 is 29.1 Å². The van der Waals surface area contributed by atoms with Gasteiger partial charge in [0.05, 0.1) is 5.34 Å². The van der Waals surface area contributed by atoms with Crippen LogP contribution in [0.1, 0.15) is 25.7 Å². The van der Waals surface area contributed by atoms with Gasteiger partial charge in [0, 0.05) is 33.2 Å². The Balaban J connectivity index is 0.000000216. The molecule has 90 valence electrons. The number of hydrogen-bond acceptors (Lipinski definition) is 2. The number of rotatable bonds is 0. The van der Waals surface area contributed by atoms with Gasteiger partial charge in [-0.3, -0.25) is 4.79 Å². The predicted octanol–water partition coefficient (Wildman–Crippen LogP) is 2.46. The maximum Gasteiger partial charge on any atom is 0.222 e. The Morgan fingerprint density at radius 2 is 1.80 bits per heavy atom. The summed E-state index contributed by atoms with van der Waals surface area (Å²) in [5, 5.41) is 0.194. The van der Waals surface area contributed by atoms with Crippen LogP contribution in [0.2, 0.25) is 0 Å². The van der Waals surface area contributed by atoms with Crippen LogP contribution in [0.3, 0.4) is 0 Å². The number of hydrogen-bond donors (Lipinski definition) is 0. The standard InChI is InChI=1S/C5H9NO.C4H8O.CH2Cl2/c1-6-4-2-3-5(6)7;1-2-4-5-3-1;2-1-3/h2-4H2,1H3;1-4H2;1H2. The maximum atomic E-state index is 10.5. The molecule has 0 aliphatic carbocycles. The SMILES string of the molecule is C1CCOC1.CN1CCCC1=O.ClCCl. The number of likely N-dealkylation sites (tertiary alicyclic amines) is 1. The smallest absolute Gasteiger partial charge is 0.222 e. The van der Waals surface area contributed by atoms with E-state index in [1.54, 1.807) is 4.90 Å². The Kier molecular flexibility index (Phi) is 10.5. The topological polar surface area (TPSA) is 29.5 Å². The van der Waals surface area contributed by atoms with Gasteiger partial charge in [0.1, 0.15) is 0 Å². The fourth-order valence-electron chi connectivity index (χ4n) is 1.29. The van der Waals surface area contributed by atoms with E-state index >= 15 is 0 Å². The minimum atomic E-state index is 0.194. The average Bonchev–Trinajstić information content (AvgIpc) is 2.84. The summed E-state index contributed by atoms with van der Waals surface area (Å²) in [5.41, 5.74) is 0. The van der Waals surface area contributed by atoms with Gasteiger partial charge in [-0.15, -0.1) is 23.2 Å². The van der Waals surface area contributed by atoms with Gasteiger partial charge in [0.25, 0.3) is 0 Å². The van der Waals surface area contributed by atoms with Crippen LogP contribution < -0.4 is 0 Å². The third-order valence-corrected chi connectivity index (χ3v) is 2.14. The molecule has 0 bridgehead atoms. The van der Waals surface area contributed by atoms with Gasteiger partial charge in [0.15, 0.2) is 0 Å². The van der Waals surface area contributed by atoms with Crippen molar-refractivity contribution in [3.8, 4) is 0 Å². The quantitative estimate of drug-likeness (QED) is 0.623. The first-order valence-corrected chi connectivity index (χ1v) is 6.23. The van der Waals surface area contributed by atoms with Gasteiger partial charge in [-0.25, -0.2) is 0 Å². The van der Waals surface area contributed by atoms with Crippen LogP contribution in [0.25, 0.3) is 0 Å². The molecule has 0 aromatic rings. The first-order chi connectivity index (χ1) is 7.22. The summed E-state index contributed by atoms with van der Waals surface area (Å²) in [7, 11) is 1.84. The molecule has 5 heteroatoms. The van der Waals surface area contributed by atoms with Crippen molar-refractivity contribution in [3.63, 3.8) is 0 Å². The van der Waals surface area contributed by atoms with Crippen molar-refractivity contribution in [2.24, 2.45) is 0 Å². The molecule has 2 aliphatic heterocycles. The highest BCUT2D eigenvalue weighted by Gasteiger charge is 2.14. The minimum Gasteiger partial charge on any atom is -0.381 e. The normalized spacial score (nSPS) is 19.1. The Hall–Kier alpha value is 0.01000. The van der Waals surface area contributed by atoms with Gasteiger partial charge >= 0.3 is 0 Å². The molecule has 0 aromatic heterocycles. The zero-order valence-corrected chi connectivity index (χ0v) is 10.7. The van der Waals surface area contributed by atoms with E-state index in [-0.39, 0.29) is 5.34 Å². The van der Waals surface area contributed by atoms with Crippen LogP contribution in [0.5, 0.6) is 0 Å². The van der Waals surface area contributed by atoms with E-state index in [4.69, 9.17) is 27.9 Å². The molecule has 2 rings (SSSR count). The lowest BCUT2D eigenvalue weighted by atomic mass is 10.4. The van der Waals surface area contributed by atoms with Crippen LogP contribution in [-0.2, 0) is 9.53 Å². The zero-order valence-electron chi connectivity index (χ0n) is 9.18. The van der Waals surface area contributed by atoms with Crippen LogP contribution in [0.15, 0.2) is 0 Å². The number of halogens is 2. The van der Waals surface area contributed by atoms with E-state index in [0.717, 1.165) is 32.6 Å². The third-order valence-electron chi connectivity index (χ3n) is 2.14. The lowest BCUT2D eigenvalue weighted by Crippen LogP contribution is -2.17. The lowest BCUT2D eigenvalue weighted by Gasteiger charge is -2.03. The molecule has 1 amide bonds. The number of nitrogens with zero attached hydrogens (tertiary/aromatic N) is 1. The number of carbonyl (C=O) groups excluding carboxylic acids is 1. The second-order valence-electron chi connectivity index (χ2n) is 3.34. The van der Waals surface area contributed by atoms with Crippen LogP contribution in [-0.4, -0.2) is 43.0 Å². The molecule has 0 aromatic carbocycles. The first-order valence-electron chi connectivity index (χ1n) is 5.16. The van der Waals surface area contributed by atoms with Gasteiger partial charge in [0.2, 0.25) is 5.91 Å². The van der Waals surface area contributed by atoms with E-state index in [1.807, 2.05) is 7.05 Å². The molecular formula is C10H19Cl2NO2. The number of ether oxygens (including phenoxy) is 1. The summed E-state index contributed by atoms with van der Waals surface area (Å²) < 4.78 is 4.94. The largest absolute Gasteiger partial charge is 0.381 e. The van der Waals surface area contributed by atoms with Crippen molar-refractivity contribution in [2.45, 2.75) is 25.7 Å². The van der Waals surface area contributed by atoms with Gasteiger partial charge < -0.3 is 9.64 Å². The van der Waals surface area contributed by atoms with Crippen molar-refractivity contribution in [2.75, 3.05) is 32.1 Å². The molecule has 0 saturated carbocycles. The highest BCUT2D eigenvalue weighted by molar-refractivity contribution is 6.40. The number of alkyl halides is 2. The van der Waals surface area contributed by atoms with E-state index in [1.165, 1.54) is 12.8 Å². The monoisotopic (exact) mass is 255 g/mol. The van der Waals surface area contributed by atoms with Crippen LogP contribution in [0, 0.1) is 0 Å². The van der Waals surface area contributed by atoms with Crippen LogP contribution >= 0.6 is 23.2 Å². The molecule has 3 nitrogen and oxygen atoms in total. The fourth-order valence-corrected chi connectivity index (χ4v) is 1.29. The molecule has 0 radical (unpaired) electrons. The lowest BCUT2D eigenvalue weighted by molar-refractivity contribution is -0.126. The summed E-state index contributed by atoms with van der Waals surface area (Å²) in [6, 6.07) is 0. The predicted molar refractivity (Wildman–Crippen MR) is 63.5 cm³/mol. The Bertz CT molecular complexity index is 156. The van der Waals surface area contributed by atoms with E-state index in [0.29, 0.717) is 5.91 Å². The van der Waals surface area contributed by atoms with Gasteiger partial charge in [-0.05, 0) is 19.3 Å². The molecule has 0 spiro atoms. The highest BCUT2D eigenvalue weighted by Crippen LogP contribution is 2.04. The summed E-state index contributed by atoms with van der Waals surface area (Å²) in [5.74, 6) is 0.292. The zero-order chi connectivity index (χ0) is 11.5. The van der Waals surface area contributed by atoms with Crippen molar-refractivity contribution in [3.05, 3.63) is 0 Å². The van der Waals surface area contributed by atoms with Crippen molar-refractivity contribution in [1.82, 2.24) is 4.90 Å². The minimum absolute atomic E-state index is 0.194. The maximum absolute atomic E-state index is 10.5. The molecule has 0 N–H and O–H groups in total. The van der Waals surface area contributed by atoms with E-state index in [9.17, 15) is 4.79 Å². The Labute approximate surface area is 102 Å². The van der Waals surface area contributed by atoms with Crippen molar-refractivity contribution in [1.29, 1.82) is 0 Å². The summed E-state index contributed by atoms with van der Waals surface area (Å²) in [6.45, 7) is 2.96. The second-order valence-corrected chi connectivity index (χ2v) is 4.15. The van der Waals surface area contributed by atoms with Gasteiger partial charge in [-0.1, -0.05) is 0 Å². The Morgan fingerprint density at radius 3 is 1.93 bits per heavy atom. The molecule has 15 heavy (non-hydrogen) atoms. The second kappa shape index (κ2) is 10.5. The molecule has 2 aliphatic rings. The molecule has 2 heterocycles. The summed E-state index contributed by atoms with van der Waals surface area (Å²) in [6.07, 6.45) is 4.37. The van der Waals surface area contributed by atoms with E-state index < -0.39 is 0 Å². The molecule has 2 fully saturated rings. The summed E-state index contributed by atoms with van der Waals surface area (Å²) >= 11 is 9.53. The average molecular weight is 256 g/mol. The molecule has 0 atom stereocenters. The number of amides is 1. The molecule has 2 saturated heterocycles. The Morgan fingerprint density at radius 1 is 1.27 bits per heavy atom. The number of carbonyl (C=O) groups is 1. The highest BCUT2D eigenvalue weighted by atomic mass is 35.5. The van der Waals surface area contributed by atoms with Crippen molar-refractivity contribution < 1.29 is 9.53 Å². The van der Waals surface area contributed by atoms with Crippen LogP contribution in [0.4, 0.5) is 0 Å². The van der Waals surface area contributed by atoms with Gasteiger partial charge in [-0.2, -0.15) is 0 Å². The van der Waals surface area contributed by atoms with E-state index in [2.05, 4.69) is 0 Å². The summed E-state index contributed by atoms with van der Waals surface area (Å²) in [4.78, 5) is 12.3. The fraction of sp³-hybridized carbons (Fsp3) is 0.900. The molecule has 0 unspecified atom stereocenters. The third kappa shape index (κ3) is 8.97. The molecular weight excluding hydrogens is 237 g/mol. The first kappa shape index (κ1) is 15.0.